The minimum Gasteiger partial charge on any atom is -0.480 e. The van der Waals surface area contributed by atoms with Crippen molar-refractivity contribution in [1.29, 1.82) is 0 Å². The minimum absolute atomic E-state index is 0.0543. The Labute approximate surface area is 156 Å². The van der Waals surface area contributed by atoms with Gasteiger partial charge in [-0.05, 0) is 34.0 Å². The smallest absolute Gasteiger partial charge is 0.275 e. The highest BCUT2D eigenvalue weighted by atomic mass is 79.9. The first kappa shape index (κ1) is 17.9. The molecule has 0 bridgehead atoms. The van der Waals surface area contributed by atoms with Crippen LogP contribution in [-0.4, -0.2) is 58.8 Å². The van der Waals surface area contributed by atoms with E-state index in [4.69, 9.17) is 4.74 Å². The number of aromatic nitrogens is 2. The summed E-state index contributed by atoms with van der Waals surface area (Å²) in [5.74, 6) is 0.503. The number of aryl methyl sites for hydroxylation is 2. The van der Waals surface area contributed by atoms with Crippen molar-refractivity contribution in [2.45, 2.75) is 13.5 Å². The van der Waals surface area contributed by atoms with Crippen molar-refractivity contribution < 1.29 is 9.53 Å². The maximum Gasteiger partial charge on any atom is 0.275 e. The standard InChI is InChI=1S/C18H23BrN4O2/c1-13-6-4-5-7-14(13)12-22-8-10-23(11-9-22)17(24)16-15(19)18(25-3)21(2)20-16/h4-7H,8-12H2,1-3H3. The van der Waals surface area contributed by atoms with Gasteiger partial charge in [0.05, 0.1) is 7.11 Å². The first-order valence-electron chi connectivity index (χ1n) is 8.34. The molecular formula is C18H23BrN4O2. The van der Waals surface area contributed by atoms with Crippen LogP contribution < -0.4 is 4.74 Å². The number of piperazine rings is 1. The van der Waals surface area contributed by atoms with Crippen LogP contribution in [0, 0.1) is 6.92 Å². The normalized spacial score (nSPS) is 15.4. The minimum atomic E-state index is -0.0543. The van der Waals surface area contributed by atoms with E-state index in [2.05, 4.69) is 57.1 Å². The molecule has 0 N–H and O–H groups in total. The second-order valence-corrected chi connectivity index (χ2v) is 7.08. The fraction of sp³-hybridized carbons (Fsp3) is 0.444. The second-order valence-electron chi connectivity index (χ2n) is 6.29. The van der Waals surface area contributed by atoms with Crippen molar-refractivity contribution in [2.24, 2.45) is 7.05 Å². The molecule has 6 nitrogen and oxygen atoms in total. The van der Waals surface area contributed by atoms with Crippen molar-refractivity contribution >= 4 is 21.8 Å². The molecule has 2 heterocycles. The monoisotopic (exact) mass is 406 g/mol. The van der Waals surface area contributed by atoms with Crippen molar-refractivity contribution in [2.75, 3.05) is 33.3 Å². The average molecular weight is 407 g/mol. The summed E-state index contributed by atoms with van der Waals surface area (Å²) in [6, 6.07) is 8.45. The predicted octanol–water partition coefficient (Wildman–Crippen LogP) is 2.46. The van der Waals surface area contributed by atoms with E-state index in [1.54, 1.807) is 18.8 Å². The number of hydrogen-bond donors (Lipinski definition) is 0. The van der Waals surface area contributed by atoms with Crippen LogP contribution >= 0.6 is 15.9 Å². The first-order chi connectivity index (χ1) is 12.0. The highest BCUT2D eigenvalue weighted by Crippen LogP contribution is 2.28. The van der Waals surface area contributed by atoms with E-state index in [9.17, 15) is 4.79 Å². The summed E-state index contributed by atoms with van der Waals surface area (Å²) >= 11 is 3.43. The van der Waals surface area contributed by atoms with Crippen molar-refractivity contribution in [3.63, 3.8) is 0 Å². The van der Waals surface area contributed by atoms with Crippen LogP contribution in [0.1, 0.15) is 21.6 Å². The van der Waals surface area contributed by atoms with Crippen molar-refractivity contribution in [3.8, 4) is 5.88 Å². The van der Waals surface area contributed by atoms with E-state index in [0.29, 0.717) is 29.1 Å². The molecule has 1 amide bonds. The van der Waals surface area contributed by atoms with Crippen molar-refractivity contribution in [1.82, 2.24) is 19.6 Å². The van der Waals surface area contributed by atoms with Crippen LogP contribution in [0.15, 0.2) is 28.7 Å². The molecule has 2 aromatic rings. The number of ether oxygens (including phenoxy) is 1. The lowest BCUT2D eigenvalue weighted by Crippen LogP contribution is -2.48. The molecule has 134 valence electrons. The number of benzene rings is 1. The van der Waals surface area contributed by atoms with Gasteiger partial charge in [-0.3, -0.25) is 9.69 Å². The fourth-order valence-corrected chi connectivity index (χ4v) is 3.80. The van der Waals surface area contributed by atoms with Crippen LogP contribution in [0.3, 0.4) is 0 Å². The SMILES string of the molecule is COc1c(Br)c(C(=O)N2CCN(Cc3ccccc3C)CC2)nn1C. The lowest BCUT2D eigenvalue weighted by atomic mass is 10.1. The summed E-state index contributed by atoms with van der Waals surface area (Å²) < 4.78 is 7.45. The van der Waals surface area contributed by atoms with Gasteiger partial charge in [-0.2, -0.15) is 5.10 Å². The highest BCUT2D eigenvalue weighted by Gasteiger charge is 2.28. The molecule has 7 heteroatoms. The molecule has 1 fully saturated rings. The largest absolute Gasteiger partial charge is 0.480 e. The van der Waals surface area contributed by atoms with Gasteiger partial charge in [0.25, 0.3) is 5.91 Å². The zero-order valence-electron chi connectivity index (χ0n) is 14.8. The first-order valence-corrected chi connectivity index (χ1v) is 9.13. The number of halogens is 1. The maximum atomic E-state index is 12.8. The van der Waals surface area contributed by atoms with Gasteiger partial charge in [0.15, 0.2) is 5.69 Å². The Morgan fingerprint density at radius 3 is 2.52 bits per heavy atom. The molecule has 0 atom stereocenters. The van der Waals surface area contributed by atoms with Gasteiger partial charge in [0, 0.05) is 39.8 Å². The quantitative estimate of drug-likeness (QED) is 0.782. The van der Waals surface area contributed by atoms with Gasteiger partial charge >= 0.3 is 0 Å². The van der Waals surface area contributed by atoms with Crippen LogP contribution in [0.2, 0.25) is 0 Å². The molecule has 1 aliphatic heterocycles. The van der Waals surface area contributed by atoms with E-state index >= 15 is 0 Å². The van der Waals surface area contributed by atoms with Crippen LogP contribution in [-0.2, 0) is 13.6 Å². The van der Waals surface area contributed by atoms with Crippen LogP contribution in [0.4, 0.5) is 0 Å². The fourth-order valence-electron chi connectivity index (χ4n) is 3.13. The molecule has 1 saturated heterocycles. The second kappa shape index (κ2) is 7.58. The maximum absolute atomic E-state index is 12.8. The third-order valence-electron chi connectivity index (χ3n) is 4.65. The summed E-state index contributed by atoms with van der Waals surface area (Å²) in [5.41, 5.74) is 3.07. The van der Waals surface area contributed by atoms with Crippen molar-refractivity contribution in [3.05, 3.63) is 45.6 Å². The van der Waals surface area contributed by atoms with E-state index in [1.807, 2.05) is 4.90 Å². The summed E-state index contributed by atoms with van der Waals surface area (Å²) in [4.78, 5) is 17.0. The number of amides is 1. The molecule has 0 radical (unpaired) electrons. The average Bonchev–Trinajstić information content (AvgIpc) is 2.91. The molecule has 0 unspecified atom stereocenters. The Morgan fingerprint density at radius 1 is 1.24 bits per heavy atom. The van der Waals surface area contributed by atoms with Gasteiger partial charge in [-0.1, -0.05) is 24.3 Å². The topological polar surface area (TPSA) is 50.6 Å². The third kappa shape index (κ3) is 3.72. The molecule has 3 rings (SSSR count). The van der Waals surface area contributed by atoms with Gasteiger partial charge in [0.1, 0.15) is 4.47 Å². The number of rotatable bonds is 4. The lowest BCUT2D eigenvalue weighted by molar-refractivity contribution is 0.0621. The molecule has 0 saturated carbocycles. The Bertz CT molecular complexity index is 766. The Kier molecular flexibility index (Phi) is 5.44. The molecular weight excluding hydrogens is 384 g/mol. The van der Waals surface area contributed by atoms with Gasteiger partial charge in [-0.15, -0.1) is 0 Å². The van der Waals surface area contributed by atoms with E-state index in [1.165, 1.54) is 11.1 Å². The van der Waals surface area contributed by atoms with E-state index in [-0.39, 0.29) is 5.91 Å². The number of hydrogen-bond acceptors (Lipinski definition) is 4. The van der Waals surface area contributed by atoms with Crippen LogP contribution in [0.25, 0.3) is 0 Å². The van der Waals surface area contributed by atoms with E-state index in [0.717, 1.165) is 19.6 Å². The molecule has 0 spiro atoms. The number of carbonyl (C=O) groups is 1. The summed E-state index contributed by atoms with van der Waals surface area (Å²) in [7, 11) is 3.33. The number of nitrogens with zero attached hydrogens (tertiary/aromatic N) is 4. The summed E-state index contributed by atoms with van der Waals surface area (Å²) in [5, 5.41) is 4.29. The van der Waals surface area contributed by atoms with Gasteiger partial charge in [-0.25, -0.2) is 4.68 Å². The van der Waals surface area contributed by atoms with Gasteiger partial charge < -0.3 is 9.64 Å². The zero-order valence-corrected chi connectivity index (χ0v) is 16.4. The zero-order chi connectivity index (χ0) is 18.0. The van der Waals surface area contributed by atoms with E-state index < -0.39 is 0 Å². The Balaban J connectivity index is 1.62. The molecule has 1 aromatic carbocycles. The molecule has 0 aliphatic carbocycles. The Hall–Kier alpha value is -1.86. The molecule has 25 heavy (non-hydrogen) atoms. The summed E-state index contributed by atoms with van der Waals surface area (Å²) in [6.45, 7) is 6.20. The Morgan fingerprint density at radius 2 is 1.92 bits per heavy atom. The number of methoxy groups -OCH3 is 1. The summed E-state index contributed by atoms with van der Waals surface area (Å²) in [6.07, 6.45) is 0. The molecule has 1 aromatic heterocycles. The highest BCUT2D eigenvalue weighted by molar-refractivity contribution is 9.10. The third-order valence-corrected chi connectivity index (χ3v) is 5.36. The number of carbonyl (C=O) groups excluding carboxylic acids is 1. The lowest BCUT2D eigenvalue weighted by Gasteiger charge is -2.34. The molecule has 1 aliphatic rings. The van der Waals surface area contributed by atoms with Gasteiger partial charge in [0.2, 0.25) is 5.88 Å². The van der Waals surface area contributed by atoms with Crippen LogP contribution in [0.5, 0.6) is 5.88 Å². The predicted molar refractivity (Wildman–Crippen MR) is 99.8 cm³/mol.